The Labute approximate surface area is 124 Å². The van der Waals surface area contributed by atoms with E-state index in [9.17, 15) is 9.59 Å². The van der Waals surface area contributed by atoms with E-state index in [2.05, 4.69) is 30.8 Å². The van der Waals surface area contributed by atoms with Crippen molar-refractivity contribution in [2.24, 2.45) is 5.92 Å². The zero-order chi connectivity index (χ0) is 16.0. The third kappa shape index (κ3) is 4.73. The Bertz CT molecular complexity index is 520. The number of aromatic nitrogens is 2. The lowest BCUT2D eigenvalue weighted by atomic mass is 10.1. The summed E-state index contributed by atoms with van der Waals surface area (Å²) < 4.78 is 1.76. The van der Waals surface area contributed by atoms with Gasteiger partial charge in [-0.15, -0.1) is 6.58 Å². The minimum absolute atomic E-state index is 0.323. The van der Waals surface area contributed by atoms with Crippen LogP contribution in [0.4, 0.5) is 0 Å². The predicted octanol–water partition coefficient (Wildman–Crippen LogP) is 2.00. The summed E-state index contributed by atoms with van der Waals surface area (Å²) in [5.74, 6) is -1.03. The molecular weight excluding hydrogens is 270 g/mol. The third-order valence-electron chi connectivity index (χ3n) is 3.15. The SMILES string of the molecule is C=CCCC(NC(=O)c1cnn(CC(C)C)c1C)C(=O)O. The molecule has 0 aliphatic carbocycles. The molecule has 2 N–H and O–H groups in total. The van der Waals surface area contributed by atoms with Crippen LogP contribution in [0.25, 0.3) is 0 Å². The Morgan fingerprint density at radius 3 is 2.71 bits per heavy atom. The fourth-order valence-electron chi connectivity index (χ4n) is 1.98. The zero-order valence-corrected chi connectivity index (χ0v) is 12.8. The molecule has 1 atom stereocenters. The maximum atomic E-state index is 12.2. The number of hydrogen-bond acceptors (Lipinski definition) is 3. The van der Waals surface area contributed by atoms with Crippen LogP contribution in [-0.4, -0.2) is 32.8 Å². The number of amides is 1. The summed E-state index contributed by atoms with van der Waals surface area (Å²) >= 11 is 0. The van der Waals surface area contributed by atoms with Crippen LogP contribution < -0.4 is 5.32 Å². The highest BCUT2D eigenvalue weighted by molar-refractivity contribution is 5.97. The van der Waals surface area contributed by atoms with E-state index in [1.54, 1.807) is 10.8 Å². The first-order valence-corrected chi connectivity index (χ1v) is 7.03. The van der Waals surface area contributed by atoms with Crippen molar-refractivity contribution in [2.45, 2.75) is 46.2 Å². The van der Waals surface area contributed by atoms with Crippen LogP contribution in [0.15, 0.2) is 18.9 Å². The summed E-state index contributed by atoms with van der Waals surface area (Å²) in [7, 11) is 0. The van der Waals surface area contributed by atoms with Crippen molar-refractivity contribution < 1.29 is 14.7 Å². The average Bonchev–Trinajstić information content (AvgIpc) is 2.75. The first-order valence-electron chi connectivity index (χ1n) is 7.03. The van der Waals surface area contributed by atoms with Crippen LogP contribution in [0.2, 0.25) is 0 Å². The van der Waals surface area contributed by atoms with E-state index in [4.69, 9.17) is 5.11 Å². The van der Waals surface area contributed by atoms with Crippen LogP contribution >= 0.6 is 0 Å². The molecule has 1 aromatic heterocycles. The van der Waals surface area contributed by atoms with E-state index in [1.165, 1.54) is 6.20 Å². The number of carbonyl (C=O) groups is 2. The molecule has 21 heavy (non-hydrogen) atoms. The molecule has 0 bridgehead atoms. The zero-order valence-electron chi connectivity index (χ0n) is 12.8. The van der Waals surface area contributed by atoms with E-state index in [-0.39, 0.29) is 0 Å². The standard InChI is InChI=1S/C15H23N3O3/c1-5-6-7-13(15(20)21)17-14(19)12-8-16-18(11(12)4)9-10(2)3/h5,8,10,13H,1,6-7,9H2,2-4H3,(H,17,19)(H,20,21). The number of carboxylic acids is 1. The summed E-state index contributed by atoms with van der Waals surface area (Å²) in [5, 5.41) is 15.8. The van der Waals surface area contributed by atoms with Gasteiger partial charge in [0.2, 0.25) is 0 Å². The number of carboxylic acid groups (broad SMARTS) is 1. The normalized spacial score (nSPS) is 12.2. The number of nitrogens with one attached hydrogen (secondary N) is 1. The molecule has 0 saturated carbocycles. The van der Waals surface area contributed by atoms with E-state index >= 15 is 0 Å². The molecule has 6 nitrogen and oxygen atoms in total. The third-order valence-corrected chi connectivity index (χ3v) is 3.15. The lowest BCUT2D eigenvalue weighted by Gasteiger charge is -2.13. The topological polar surface area (TPSA) is 84.2 Å². The van der Waals surface area contributed by atoms with Crippen LogP contribution in [0, 0.1) is 12.8 Å². The summed E-state index contributed by atoms with van der Waals surface area (Å²) in [5.41, 5.74) is 1.16. The van der Waals surface area contributed by atoms with Crippen LogP contribution in [0.5, 0.6) is 0 Å². The maximum absolute atomic E-state index is 12.2. The van der Waals surface area contributed by atoms with E-state index < -0.39 is 17.9 Å². The van der Waals surface area contributed by atoms with Crippen LogP contribution in [0.1, 0.15) is 42.7 Å². The number of carbonyl (C=O) groups excluding carboxylic acids is 1. The molecule has 1 rings (SSSR count). The lowest BCUT2D eigenvalue weighted by molar-refractivity contribution is -0.139. The van der Waals surface area contributed by atoms with Gasteiger partial charge in [0, 0.05) is 12.2 Å². The molecule has 6 heteroatoms. The number of rotatable bonds is 8. The van der Waals surface area contributed by atoms with Gasteiger partial charge >= 0.3 is 5.97 Å². The van der Waals surface area contributed by atoms with Gasteiger partial charge in [0.05, 0.1) is 11.8 Å². The van der Waals surface area contributed by atoms with Crippen molar-refractivity contribution in [3.05, 3.63) is 30.1 Å². The largest absolute Gasteiger partial charge is 0.480 e. The second-order valence-electron chi connectivity index (χ2n) is 5.45. The summed E-state index contributed by atoms with van der Waals surface area (Å²) in [6.45, 7) is 10.2. The molecule has 0 aliphatic rings. The Balaban J connectivity index is 2.80. The first-order chi connectivity index (χ1) is 9.86. The van der Waals surface area contributed by atoms with Gasteiger partial charge in [-0.05, 0) is 25.7 Å². The molecule has 0 aliphatic heterocycles. The molecular formula is C15H23N3O3. The number of nitrogens with zero attached hydrogens (tertiary/aromatic N) is 2. The number of aliphatic carboxylic acids is 1. The molecule has 0 fully saturated rings. The molecule has 0 spiro atoms. The van der Waals surface area contributed by atoms with Gasteiger partial charge < -0.3 is 10.4 Å². The predicted molar refractivity (Wildman–Crippen MR) is 80.1 cm³/mol. The number of allylic oxidation sites excluding steroid dienone is 1. The van der Waals surface area contributed by atoms with Crippen molar-refractivity contribution in [3.63, 3.8) is 0 Å². The minimum atomic E-state index is -1.04. The Morgan fingerprint density at radius 2 is 2.19 bits per heavy atom. The molecule has 1 aromatic rings. The van der Waals surface area contributed by atoms with Crippen molar-refractivity contribution in [1.29, 1.82) is 0 Å². The second-order valence-corrected chi connectivity index (χ2v) is 5.45. The molecule has 0 aromatic carbocycles. The van der Waals surface area contributed by atoms with E-state index in [0.29, 0.717) is 24.3 Å². The monoisotopic (exact) mass is 293 g/mol. The molecule has 1 unspecified atom stereocenters. The van der Waals surface area contributed by atoms with Gasteiger partial charge in [0.1, 0.15) is 6.04 Å². The smallest absolute Gasteiger partial charge is 0.326 e. The highest BCUT2D eigenvalue weighted by Gasteiger charge is 2.22. The number of hydrogen-bond donors (Lipinski definition) is 2. The molecule has 1 heterocycles. The summed E-state index contributed by atoms with van der Waals surface area (Å²) in [6.07, 6.45) is 3.97. The molecule has 0 radical (unpaired) electrons. The molecule has 1 amide bonds. The van der Waals surface area contributed by atoms with Gasteiger partial charge in [-0.25, -0.2) is 4.79 Å². The van der Waals surface area contributed by atoms with E-state index in [1.807, 2.05) is 6.92 Å². The maximum Gasteiger partial charge on any atom is 0.326 e. The fourth-order valence-corrected chi connectivity index (χ4v) is 1.98. The van der Waals surface area contributed by atoms with Crippen molar-refractivity contribution in [2.75, 3.05) is 0 Å². The quantitative estimate of drug-likeness (QED) is 0.718. The van der Waals surface area contributed by atoms with Gasteiger partial charge in [-0.1, -0.05) is 19.9 Å². The fraction of sp³-hybridized carbons (Fsp3) is 0.533. The minimum Gasteiger partial charge on any atom is -0.480 e. The van der Waals surface area contributed by atoms with Crippen LogP contribution in [-0.2, 0) is 11.3 Å². The van der Waals surface area contributed by atoms with Gasteiger partial charge in [-0.2, -0.15) is 5.10 Å². The second kappa shape index (κ2) is 7.61. The Morgan fingerprint density at radius 1 is 1.52 bits per heavy atom. The highest BCUT2D eigenvalue weighted by Crippen LogP contribution is 2.10. The summed E-state index contributed by atoms with van der Waals surface area (Å²) in [4.78, 5) is 23.3. The highest BCUT2D eigenvalue weighted by atomic mass is 16.4. The Hall–Kier alpha value is -2.11. The lowest BCUT2D eigenvalue weighted by Crippen LogP contribution is -2.40. The molecule has 0 saturated heterocycles. The van der Waals surface area contributed by atoms with Crippen molar-refractivity contribution in [3.8, 4) is 0 Å². The van der Waals surface area contributed by atoms with Gasteiger partial charge in [-0.3, -0.25) is 9.48 Å². The average molecular weight is 293 g/mol. The van der Waals surface area contributed by atoms with Crippen molar-refractivity contribution in [1.82, 2.24) is 15.1 Å². The van der Waals surface area contributed by atoms with Gasteiger partial charge in [0.15, 0.2) is 0 Å². The Kier molecular flexibility index (Phi) is 6.14. The van der Waals surface area contributed by atoms with Crippen LogP contribution in [0.3, 0.4) is 0 Å². The molecule has 116 valence electrons. The first kappa shape index (κ1) is 16.9. The van der Waals surface area contributed by atoms with Crippen molar-refractivity contribution >= 4 is 11.9 Å². The van der Waals surface area contributed by atoms with E-state index in [0.717, 1.165) is 12.2 Å². The summed E-state index contributed by atoms with van der Waals surface area (Å²) in [6, 6.07) is -0.914. The van der Waals surface area contributed by atoms with Gasteiger partial charge in [0.25, 0.3) is 5.91 Å².